The van der Waals surface area contributed by atoms with Gasteiger partial charge >= 0.3 is 0 Å². The van der Waals surface area contributed by atoms with Crippen molar-refractivity contribution < 1.29 is 4.79 Å². The van der Waals surface area contributed by atoms with Crippen LogP contribution in [-0.4, -0.2) is 11.4 Å². The van der Waals surface area contributed by atoms with Gasteiger partial charge in [-0.3, -0.25) is 4.79 Å². The van der Waals surface area contributed by atoms with Crippen LogP contribution in [0.4, 0.5) is 0 Å². The highest BCUT2D eigenvalue weighted by Crippen LogP contribution is 2.32. The van der Waals surface area contributed by atoms with Crippen LogP contribution in [0.15, 0.2) is 24.3 Å². The molecule has 1 aliphatic rings. The third kappa shape index (κ3) is 3.52. The van der Waals surface area contributed by atoms with Crippen molar-refractivity contribution in [2.75, 3.05) is 0 Å². The summed E-state index contributed by atoms with van der Waals surface area (Å²) < 4.78 is 0. The van der Waals surface area contributed by atoms with Crippen molar-refractivity contribution in [3.8, 4) is 6.07 Å². The minimum absolute atomic E-state index is 0.131. The van der Waals surface area contributed by atoms with Crippen molar-refractivity contribution in [3.05, 3.63) is 34.9 Å². The van der Waals surface area contributed by atoms with Crippen LogP contribution in [0.5, 0.6) is 0 Å². The first-order valence-electron chi connectivity index (χ1n) is 7.00. The third-order valence-corrected chi connectivity index (χ3v) is 4.27. The molecule has 1 saturated carbocycles. The van der Waals surface area contributed by atoms with Gasteiger partial charge in [-0.1, -0.05) is 43.1 Å². The molecule has 106 valence electrons. The lowest BCUT2D eigenvalue weighted by molar-refractivity contribution is -0.122. The number of halogens is 1. The monoisotopic (exact) mass is 290 g/mol. The largest absolute Gasteiger partial charge is 0.338 e. The maximum atomic E-state index is 12.2. The molecule has 2 rings (SSSR count). The lowest BCUT2D eigenvalue weighted by Gasteiger charge is -2.35. The van der Waals surface area contributed by atoms with E-state index in [4.69, 9.17) is 11.6 Å². The normalized spacial score (nSPS) is 25.8. The van der Waals surface area contributed by atoms with Crippen molar-refractivity contribution in [1.29, 1.82) is 5.26 Å². The molecule has 3 nitrogen and oxygen atoms in total. The number of nitrogens with one attached hydrogen (secondary N) is 1. The van der Waals surface area contributed by atoms with Gasteiger partial charge in [0, 0.05) is 5.02 Å². The number of carbonyl (C=O) groups is 1. The lowest BCUT2D eigenvalue weighted by atomic mass is 9.77. The van der Waals surface area contributed by atoms with Crippen LogP contribution in [0.1, 0.15) is 38.2 Å². The van der Waals surface area contributed by atoms with Gasteiger partial charge in [0.1, 0.15) is 5.54 Å². The minimum atomic E-state index is -0.698. The maximum absolute atomic E-state index is 12.2. The SMILES string of the molecule is CC1CCCC(C#N)(NC(=O)Cc2ccccc2Cl)C1. The van der Waals surface area contributed by atoms with Crippen molar-refractivity contribution in [1.82, 2.24) is 5.32 Å². The van der Waals surface area contributed by atoms with Gasteiger partial charge in [0.25, 0.3) is 0 Å². The van der Waals surface area contributed by atoms with Gasteiger partial charge in [-0.15, -0.1) is 0 Å². The summed E-state index contributed by atoms with van der Waals surface area (Å²) >= 11 is 6.06. The zero-order valence-corrected chi connectivity index (χ0v) is 12.4. The molecule has 1 aromatic rings. The highest BCUT2D eigenvalue weighted by atomic mass is 35.5. The summed E-state index contributed by atoms with van der Waals surface area (Å²) in [6.07, 6.45) is 3.81. The average Bonchev–Trinajstić information content (AvgIpc) is 2.41. The molecule has 0 aromatic heterocycles. The molecule has 20 heavy (non-hydrogen) atoms. The average molecular weight is 291 g/mol. The predicted molar refractivity (Wildman–Crippen MR) is 79.3 cm³/mol. The molecule has 0 heterocycles. The smallest absolute Gasteiger partial charge is 0.225 e. The number of nitrogens with zero attached hydrogens (tertiary/aromatic N) is 1. The Morgan fingerprint density at radius 2 is 2.30 bits per heavy atom. The number of nitriles is 1. The molecule has 1 aromatic carbocycles. The summed E-state index contributed by atoms with van der Waals surface area (Å²) in [6, 6.07) is 9.62. The van der Waals surface area contributed by atoms with Crippen LogP contribution in [0, 0.1) is 17.2 Å². The summed E-state index contributed by atoms with van der Waals surface area (Å²) in [5.74, 6) is 0.345. The molecule has 0 aliphatic heterocycles. The van der Waals surface area contributed by atoms with E-state index in [1.807, 2.05) is 18.2 Å². The Labute approximate surface area is 124 Å². The minimum Gasteiger partial charge on any atom is -0.338 e. The quantitative estimate of drug-likeness (QED) is 0.927. The molecule has 1 N–H and O–H groups in total. The molecule has 1 fully saturated rings. The first kappa shape index (κ1) is 14.9. The Bertz CT molecular complexity index is 538. The van der Waals surface area contributed by atoms with Gasteiger partial charge in [-0.2, -0.15) is 5.26 Å². The van der Waals surface area contributed by atoms with Crippen LogP contribution in [0.25, 0.3) is 0 Å². The molecular weight excluding hydrogens is 272 g/mol. The first-order valence-corrected chi connectivity index (χ1v) is 7.38. The molecule has 4 heteroatoms. The molecule has 2 unspecified atom stereocenters. The number of carbonyl (C=O) groups excluding carboxylic acids is 1. The van der Waals surface area contributed by atoms with Crippen molar-refractivity contribution in [2.24, 2.45) is 5.92 Å². The number of rotatable bonds is 3. The van der Waals surface area contributed by atoms with E-state index in [0.29, 0.717) is 10.9 Å². The summed E-state index contributed by atoms with van der Waals surface area (Å²) in [5.41, 5.74) is 0.0966. The topological polar surface area (TPSA) is 52.9 Å². The fourth-order valence-corrected chi connectivity index (χ4v) is 3.12. The van der Waals surface area contributed by atoms with Gasteiger partial charge < -0.3 is 5.32 Å². The van der Waals surface area contributed by atoms with Crippen molar-refractivity contribution in [2.45, 2.75) is 44.6 Å². The fraction of sp³-hybridized carbons (Fsp3) is 0.500. The number of hydrogen-bond acceptors (Lipinski definition) is 2. The van der Waals surface area contributed by atoms with Crippen LogP contribution < -0.4 is 5.32 Å². The Kier molecular flexibility index (Phi) is 4.67. The Morgan fingerprint density at radius 1 is 1.55 bits per heavy atom. The highest BCUT2D eigenvalue weighted by Gasteiger charge is 2.36. The molecule has 0 spiro atoms. The van der Waals surface area contributed by atoms with E-state index < -0.39 is 5.54 Å². The van der Waals surface area contributed by atoms with Crippen LogP contribution >= 0.6 is 11.6 Å². The lowest BCUT2D eigenvalue weighted by Crippen LogP contribution is -2.50. The molecule has 0 saturated heterocycles. The summed E-state index contributed by atoms with van der Waals surface area (Å²) in [6.45, 7) is 2.13. The second-order valence-electron chi connectivity index (χ2n) is 5.71. The maximum Gasteiger partial charge on any atom is 0.225 e. The van der Waals surface area contributed by atoms with E-state index in [1.165, 1.54) is 0 Å². The van der Waals surface area contributed by atoms with Gasteiger partial charge in [-0.25, -0.2) is 0 Å². The molecule has 2 atom stereocenters. The zero-order chi connectivity index (χ0) is 14.6. The fourth-order valence-electron chi connectivity index (χ4n) is 2.92. The summed E-state index contributed by atoms with van der Waals surface area (Å²) in [4.78, 5) is 12.2. The second-order valence-corrected chi connectivity index (χ2v) is 6.12. The number of hydrogen-bond donors (Lipinski definition) is 1. The number of benzene rings is 1. The Morgan fingerprint density at radius 3 is 2.95 bits per heavy atom. The molecular formula is C16H19ClN2O. The van der Waals surface area contributed by atoms with E-state index in [-0.39, 0.29) is 12.3 Å². The highest BCUT2D eigenvalue weighted by molar-refractivity contribution is 6.31. The first-order chi connectivity index (χ1) is 9.54. The molecule has 1 aliphatic carbocycles. The van der Waals surface area contributed by atoms with Crippen molar-refractivity contribution in [3.63, 3.8) is 0 Å². The molecule has 1 amide bonds. The van der Waals surface area contributed by atoms with Crippen LogP contribution in [-0.2, 0) is 11.2 Å². The standard InChI is InChI=1S/C16H19ClN2O/c1-12-5-4-8-16(10-12,11-18)19-15(20)9-13-6-2-3-7-14(13)17/h2-3,6-7,12H,4-5,8-10H2,1H3,(H,19,20). The Balaban J connectivity index is 2.03. The Hall–Kier alpha value is -1.53. The molecule has 0 bridgehead atoms. The van der Waals surface area contributed by atoms with Crippen LogP contribution in [0.2, 0.25) is 5.02 Å². The van der Waals surface area contributed by atoms with Crippen LogP contribution in [0.3, 0.4) is 0 Å². The molecule has 0 radical (unpaired) electrons. The van der Waals surface area contributed by atoms with E-state index >= 15 is 0 Å². The van der Waals surface area contributed by atoms with Gasteiger partial charge in [0.15, 0.2) is 0 Å². The van der Waals surface area contributed by atoms with E-state index in [2.05, 4.69) is 18.3 Å². The predicted octanol–water partition coefficient (Wildman–Crippen LogP) is 3.47. The summed E-state index contributed by atoms with van der Waals surface area (Å²) in [5, 5.41) is 13.0. The van der Waals surface area contributed by atoms with E-state index in [1.54, 1.807) is 6.07 Å². The third-order valence-electron chi connectivity index (χ3n) is 3.90. The zero-order valence-electron chi connectivity index (χ0n) is 11.7. The van der Waals surface area contributed by atoms with Gasteiger partial charge in [-0.05, 0) is 36.8 Å². The van der Waals surface area contributed by atoms with Gasteiger partial charge in [0.05, 0.1) is 12.5 Å². The second kappa shape index (κ2) is 6.28. The van der Waals surface area contributed by atoms with Crippen molar-refractivity contribution >= 4 is 17.5 Å². The van der Waals surface area contributed by atoms with Gasteiger partial charge in [0.2, 0.25) is 5.91 Å². The van der Waals surface area contributed by atoms with E-state index in [9.17, 15) is 10.1 Å². The van der Waals surface area contributed by atoms with E-state index in [0.717, 1.165) is 31.2 Å². The summed E-state index contributed by atoms with van der Waals surface area (Å²) in [7, 11) is 0. The number of amides is 1.